The molecule has 29 heavy (non-hydrogen) atoms. The molecule has 0 aromatic heterocycles. The minimum atomic E-state index is -0.262. The van der Waals surface area contributed by atoms with Crippen LogP contribution in [0.2, 0.25) is 0 Å². The number of benzene rings is 3. The maximum absolute atomic E-state index is 14.3. The van der Waals surface area contributed by atoms with E-state index in [4.69, 9.17) is 0 Å². The molecule has 5 heteroatoms. The van der Waals surface area contributed by atoms with Gasteiger partial charge < -0.3 is 15.1 Å². The predicted octanol–water partition coefficient (Wildman–Crippen LogP) is 4.40. The Kier molecular flexibility index (Phi) is 5.75. The Balaban J connectivity index is 1.39. The Morgan fingerprint density at radius 2 is 1.52 bits per heavy atom. The minimum absolute atomic E-state index is 0.0644. The summed E-state index contributed by atoms with van der Waals surface area (Å²) >= 11 is 0. The van der Waals surface area contributed by atoms with Crippen molar-refractivity contribution in [1.29, 1.82) is 0 Å². The molecule has 0 spiro atoms. The van der Waals surface area contributed by atoms with Gasteiger partial charge in [0.15, 0.2) is 0 Å². The zero-order chi connectivity index (χ0) is 20.1. The minimum Gasteiger partial charge on any atom is -0.379 e. The smallest absolute Gasteiger partial charge is 0.253 e. The van der Waals surface area contributed by atoms with E-state index in [9.17, 15) is 9.18 Å². The standard InChI is InChI=1S/C24H24FN3O/c25-22-12-11-21(17-23(22)26-18-19-7-3-1-4-8-19)27-13-15-28(16-14-27)24(29)20-9-5-2-6-10-20/h1-12,17,26H,13-16,18H2. The van der Waals surface area contributed by atoms with Gasteiger partial charge in [-0.15, -0.1) is 0 Å². The Bertz CT molecular complexity index is 954. The van der Waals surface area contributed by atoms with E-state index in [1.165, 1.54) is 6.07 Å². The normalized spacial score (nSPS) is 14.0. The number of rotatable bonds is 5. The third kappa shape index (κ3) is 4.57. The zero-order valence-electron chi connectivity index (χ0n) is 16.2. The van der Waals surface area contributed by atoms with Crippen LogP contribution in [-0.4, -0.2) is 37.0 Å². The second-order valence-electron chi connectivity index (χ2n) is 7.15. The van der Waals surface area contributed by atoms with Crippen molar-refractivity contribution in [3.63, 3.8) is 0 Å². The molecule has 1 amide bonds. The van der Waals surface area contributed by atoms with Crippen LogP contribution in [0.5, 0.6) is 0 Å². The van der Waals surface area contributed by atoms with Gasteiger partial charge in [0.05, 0.1) is 5.69 Å². The summed E-state index contributed by atoms with van der Waals surface area (Å²) in [5.74, 6) is -0.197. The summed E-state index contributed by atoms with van der Waals surface area (Å²) in [6.07, 6.45) is 0. The SMILES string of the molecule is O=C(c1ccccc1)N1CCN(c2ccc(F)c(NCc3ccccc3)c2)CC1. The van der Waals surface area contributed by atoms with Crippen LogP contribution in [-0.2, 0) is 6.54 Å². The molecule has 0 bridgehead atoms. The topological polar surface area (TPSA) is 35.6 Å². The van der Waals surface area contributed by atoms with Crippen LogP contribution in [0.15, 0.2) is 78.9 Å². The summed E-state index contributed by atoms with van der Waals surface area (Å²) in [7, 11) is 0. The van der Waals surface area contributed by atoms with E-state index >= 15 is 0 Å². The highest BCUT2D eigenvalue weighted by Crippen LogP contribution is 2.24. The summed E-state index contributed by atoms with van der Waals surface area (Å²) in [6, 6.07) is 24.5. The van der Waals surface area contributed by atoms with Crippen LogP contribution in [0, 0.1) is 5.82 Å². The van der Waals surface area contributed by atoms with Gasteiger partial charge in [0, 0.05) is 44.0 Å². The van der Waals surface area contributed by atoms with E-state index in [0.717, 1.165) is 29.9 Å². The highest BCUT2D eigenvalue weighted by molar-refractivity contribution is 5.94. The lowest BCUT2D eigenvalue weighted by Crippen LogP contribution is -2.48. The average molecular weight is 389 g/mol. The van der Waals surface area contributed by atoms with Crippen LogP contribution in [0.1, 0.15) is 15.9 Å². The van der Waals surface area contributed by atoms with E-state index in [1.807, 2.05) is 71.6 Å². The molecule has 1 aliphatic heterocycles. The number of anilines is 2. The van der Waals surface area contributed by atoms with E-state index in [0.29, 0.717) is 25.3 Å². The van der Waals surface area contributed by atoms with Crippen LogP contribution in [0.4, 0.5) is 15.8 Å². The highest BCUT2D eigenvalue weighted by atomic mass is 19.1. The Morgan fingerprint density at radius 3 is 2.21 bits per heavy atom. The average Bonchev–Trinajstić information content (AvgIpc) is 2.79. The van der Waals surface area contributed by atoms with Crippen LogP contribution in [0.25, 0.3) is 0 Å². The van der Waals surface area contributed by atoms with Crippen LogP contribution >= 0.6 is 0 Å². The Morgan fingerprint density at radius 1 is 0.862 bits per heavy atom. The first-order chi connectivity index (χ1) is 14.2. The first-order valence-electron chi connectivity index (χ1n) is 9.87. The number of nitrogens with zero attached hydrogens (tertiary/aromatic N) is 2. The molecule has 1 saturated heterocycles. The first kappa shape index (κ1) is 19.0. The number of carbonyl (C=O) groups is 1. The Hall–Kier alpha value is -3.34. The molecule has 1 aliphatic rings. The molecule has 0 atom stereocenters. The van der Waals surface area contributed by atoms with Crippen molar-refractivity contribution in [3.05, 3.63) is 95.8 Å². The zero-order valence-corrected chi connectivity index (χ0v) is 16.2. The van der Waals surface area contributed by atoms with Crippen molar-refractivity contribution >= 4 is 17.3 Å². The number of hydrogen-bond donors (Lipinski definition) is 1. The summed E-state index contributed by atoms with van der Waals surface area (Å²) in [5, 5.41) is 3.19. The molecule has 1 heterocycles. The molecule has 0 unspecified atom stereocenters. The second-order valence-corrected chi connectivity index (χ2v) is 7.15. The molecule has 3 aromatic rings. The lowest BCUT2D eigenvalue weighted by atomic mass is 10.1. The number of halogens is 1. The summed E-state index contributed by atoms with van der Waals surface area (Å²) in [4.78, 5) is 16.7. The molecule has 1 N–H and O–H groups in total. The van der Waals surface area contributed by atoms with Gasteiger partial charge in [-0.1, -0.05) is 48.5 Å². The molecule has 1 fully saturated rings. The fourth-order valence-electron chi connectivity index (χ4n) is 3.57. The number of piperazine rings is 1. The fourth-order valence-corrected chi connectivity index (χ4v) is 3.57. The van der Waals surface area contributed by atoms with Crippen molar-refractivity contribution in [2.75, 3.05) is 36.4 Å². The van der Waals surface area contributed by atoms with Gasteiger partial charge in [-0.25, -0.2) is 4.39 Å². The lowest BCUT2D eigenvalue weighted by molar-refractivity contribution is 0.0747. The maximum Gasteiger partial charge on any atom is 0.253 e. The number of carbonyl (C=O) groups excluding carboxylic acids is 1. The summed E-state index contributed by atoms with van der Waals surface area (Å²) in [5.41, 5.74) is 3.28. The monoisotopic (exact) mass is 389 g/mol. The van der Waals surface area contributed by atoms with Crippen LogP contribution in [0.3, 0.4) is 0 Å². The number of nitrogens with one attached hydrogen (secondary N) is 1. The largest absolute Gasteiger partial charge is 0.379 e. The molecular weight excluding hydrogens is 365 g/mol. The van der Waals surface area contributed by atoms with E-state index in [2.05, 4.69) is 10.2 Å². The molecule has 0 radical (unpaired) electrons. The van der Waals surface area contributed by atoms with Crippen molar-refractivity contribution in [2.45, 2.75) is 6.54 Å². The molecule has 148 valence electrons. The highest BCUT2D eigenvalue weighted by Gasteiger charge is 2.22. The molecule has 3 aromatic carbocycles. The van der Waals surface area contributed by atoms with Crippen molar-refractivity contribution in [2.24, 2.45) is 0 Å². The van der Waals surface area contributed by atoms with Gasteiger partial charge in [0.25, 0.3) is 5.91 Å². The third-order valence-electron chi connectivity index (χ3n) is 5.23. The molecule has 4 rings (SSSR count). The van der Waals surface area contributed by atoms with Gasteiger partial charge in [0.1, 0.15) is 5.82 Å². The van der Waals surface area contributed by atoms with Crippen LogP contribution < -0.4 is 10.2 Å². The fraction of sp³-hybridized carbons (Fsp3) is 0.208. The van der Waals surface area contributed by atoms with Crippen molar-refractivity contribution < 1.29 is 9.18 Å². The maximum atomic E-state index is 14.3. The van der Waals surface area contributed by atoms with Crippen molar-refractivity contribution in [3.8, 4) is 0 Å². The van der Waals surface area contributed by atoms with E-state index < -0.39 is 0 Å². The summed E-state index contributed by atoms with van der Waals surface area (Å²) in [6.45, 7) is 3.32. The molecule has 0 aliphatic carbocycles. The van der Waals surface area contributed by atoms with Gasteiger partial charge >= 0.3 is 0 Å². The van der Waals surface area contributed by atoms with Gasteiger partial charge in [0.2, 0.25) is 0 Å². The van der Waals surface area contributed by atoms with Gasteiger partial charge in [-0.2, -0.15) is 0 Å². The number of hydrogen-bond acceptors (Lipinski definition) is 3. The molecular formula is C24H24FN3O. The first-order valence-corrected chi connectivity index (χ1v) is 9.87. The summed E-state index contributed by atoms with van der Waals surface area (Å²) < 4.78 is 14.3. The second kappa shape index (κ2) is 8.78. The van der Waals surface area contributed by atoms with Crippen molar-refractivity contribution in [1.82, 2.24) is 4.90 Å². The van der Waals surface area contributed by atoms with E-state index in [-0.39, 0.29) is 11.7 Å². The third-order valence-corrected chi connectivity index (χ3v) is 5.23. The quantitative estimate of drug-likeness (QED) is 0.703. The van der Waals surface area contributed by atoms with E-state index in [1.54, 1.807) is 6.07 Å². The van der Waals surface area contributed by atoms with Gasteiger partial charge in [-0.3, -0.25) is 4.79 Å². The number of amides is 1. The van der Waals surface area contributed by atoms with Gasteiger partial charge in [-0.05, 0) is 35.9 Å². The predicted molar refractivity (Wildman–Crippen MR) is 115 cm³/mol. The molecule has 0 saturated carbocycles. The lowest BCUT2D eigenvalue weighted by Gasteiger charge is -2.36. The molecule has 4 nitrogen and oxygen atoms in total. The Labute approximate surface area is 170 Å².